The molecular weight excluding hydrogens is 413 g/mol. The van der Waals surface area contributed by atoms with Crippen molar-refractivity contribution in [2.24, 2.45) is 0 Å². The zero-order chi connectivity index (χ0) is 22.6. The zero-order valence-electron chi connectivity index (χ0n) is 16.7. The molecule has 0 radical (unpaired) electrons. The normalized spacial score (nSPS) is 11.1. The summed E-state index contributed by atoms with van der Waals surface area (Å²) in [6.07, 6.45) is -2.31. The van der Waals surface area contributed by atoms with Crippen LogP contribution in [0.3, 0.4) is 0 Å². The lowest BCUT2D eigenvalue weighted by Gasteiger charge is -2.16. The van der Waals surface area contributed by atoms with Crippen molar-refractivity contribution in [3.8, 4) is 5.75 Å². The number of furan rings is 1. The number of halogens is 3. The number of hydrogen-bond donors (Lipinski definition) is 2. The van der Waals surface area contributed by atoms with Gasteiger partial charge in [0.25, 0.3) is 11.8 Å². The Morgan fingerprint density at radius 3 is 2.45 bits per heavy atom. The van der Waals surface area contributed by atoms with Gasteiger partial charge in [-0.1, -0.05) is 17.7 Å². The van der Waals surface area contributed by atoms with E-state index >= 15 is 0 Å². The molecule has 0 saturated heterocycles. The van der Waals surface area contributed by atoms with Crippen LogP contribution in [0.2, 0.25) is 0 Å². The molecule has 0 atom stereocenters. The van der Waals surface area contributed by atoms with Gasteiger partial charge in [-0.3, -0.25) is 9.59 Å². The number of carbonyl (C=O) groups excluding carboxylic acids is 2. The maximum atomic E-state index is 13.5. The summed E-state index contributed by atoms with van der Waals surface area (Å²) in [4.78, 5) is 24.2. The predicted octanol–water partition coefficient (Wildman–Crippen LogP) is 5.19. The lowest BCUT2D eigenvalue weighted by Crippen LogP contribution is -2.23. The number of aryl methyl sites for hydroxylation is 2. The second-order valence-corrected chi connectivity index (χ2v) is 6.83. The van der Waals surface area contributed by atoms with E-state index in [1.165, 1.54) is 24.7 Å². The van der Waals surface area contributed by atoms with Crippen LogP contribution >= 0.6 is 0 Å². The third-order valence-electron chi connectivity index (χ3n) is 4.33. The standard InChI is InChI=1S/C22H19F3N2O4/c1-13-3-6-19(14(2)9-13)31-12-20(28)27-18-5-4-16(10-17(18)22(23,24)25)26-21(29)15-7-8-30-11-15/h3-11H,12H2,1-2H3,(H,26,29)(H,27,28). The molecule has 0 unspecified atom stereocenters. The Labute approximate surface area is 176 Å². The molecule has 0 aliphatic carbocycles. The van der Waals surface area contributed by atoms with E-state index in [9.17, 15) is 22.8 Å². The van der Waals surface area contributed by atoms with Crippen molar-refractivity contribution in [2.45, 2.75) is 20.0 Å². The second kappa shape index (κ2) is 8.95. The molecule has 0 bridgehead atoms. The molecule has 0 aliphatic heterocycles. The lowest BCUT2D eigenvalue weighted by atomic mass is 10.1. The van der Waals surface area contributed by atoms with Crippen molar-refractivity contribution >= 4 is 23.2 Å². The molecule has 31 heavy (non-hydrogen) atoms. The van der Waals surface area contributed by atoms with Crippen molar-refractivity contribution in [3.63, 3.8) is 0 Å². The molecule has 6 nitrogen and oxygen atoms in total. The minimum Gasteiger partial charge on any atom is -0.483 e. The van der Waals surface area contributed by atoms with Crippen LogP contribution in [0.15, 0.2) is 59.4 Å². The van der Waals surface area contributed by atoms with Gasteiger partial charge in [0.15, 0.2) is 6.61 Å². The summed E-state index contributed by atoms with van der Waals surface area (Å²) in [5.74, 6) is -0.907. The third-order valence-corrected chi connectivity index (χ3v) is 4.33. The summed E-state index contributed by atoms with van der Waals surface area (Å²) in [5.41, 5.74) is 0.364. The van der Waals surface area contributed by atoms with Gasteiger partial charge in [-0.25, -0.2) is 0 Å². The van der Waals surface area contributed by atoms with Crippen LogP contribution in [-0.4, -0.2) is 18.4 Å². The SMILES string of the molecule is Cc1ccc(OCC(=O)Nc2ccc(NC(=O)c3ccoc3)cc2C(F)(F)F)c(C)c1. The average molecular weight is 432 g/mol. The Morgan fingerprint density at radius 1 is 1.03 bits per heavy atom. The molecule has 1 aromatic heterocycles. The molecule has 0 fully saturated rings. The molecule has 3 rings (SSSR count). The van der Waals surface area contributed by atoms with Gasteiger partial charge in [-0.15, -0.1) is 0 Å². The van der Waals surface area contributed by atoms with Crippen molar-refractivity contribution < 1.29 is 31.9 Å². The van der Waals surface area contributed by atoms with Gasteiger partial charge in [-0.05, 0) is 49.7 Å². The van der Waals surface area contributed by atoms with Gasteiger partial charge in [-0.2, -0.15) is 13.2 Å². The smallest absolute Gasteiger partial charge is 0.418 e. The highest BCUT2D eigenvalue weighted by molar-refractivity contribution is 6.04. The first-order valence-corrected chi connectivity index (χ1v) is 9.18. The topological polar surface area (TPSA) is 80.6 Å². The summed E-state index contributed by atoms with van der Waals surface area (Å²) in [6, 6.07) is 9.82. The molecule has 2 amide bonds. The first-order chi connectivity index (χ1) is 14.6. The van der Waals surface area contributed by atoms with E-state index < -0.39 is 35.8 Å². The number of amides is 2. The van der Waals surface area contributed by atoms with Crippen LogP contribution in [0.5, 0.6) is 5.75 Å². The summed E-state index contributed by atoms with van der Waals surface area (Å²) in [7, 11) is 0. The number of rotatable bonds is 6. The first kappa shape index (κ1) is 21.9. The number of carbonyl (C=O) groups is 2. The maximum absolute atomic E-state index is 13.5. The summed E-state index contributed by atoms with van der Waals surface area (Å²) < 4.78 is 50.8. The van der Waals surface area contributed by atoms with Crippen LogP contribution in [0, 0.1) is 13.8 Å². The highest BCUT2D eigenvalue weighted by Gasteiger charge is 2.34. The molecule has 0 saturated carbocycles. The Balaban J connectivity index is 1.72. The molecule has 2 aromatic carbocycles. The number of nitrogens with one attached hydrogen (secondary N) is 2. The van der Waals surface area contributed by atoms with E-state index in [2.05, 4.69) is 10.6 Å². The Bertz CT molecular complexity index is 1090. The lowest BCUT2D eigenvalue weighted by molar-refractivity contribution is -0.137. The largest absolute Gasteiger partial charge is 0.483 e. The average Bonchev–Trinajstić information content (AvgIpc) is 3.22. The molecule has 9 heteroatoms. The van der Waals surface area contributed by atoms with Gasteiger partial charge >= 0.3 is 6.18 Å². The van der Waals surface area contributed by atoms with Crippen molar-refractivity contribution in [1.82, 2.24) is 0 Å². The summed E-state index contributed by atoms with van der Waals surface area (Å²) in [6.45, 7) is 3.25. The Hall–Kier alpha value is -3.75. The quantitative estimate of drug-likeness (QED) is 0.562. The van der Waals surface area contributed by atoms with E-state index in [1.54, 1.807) is 19.1 Å². The van der Waals surface area contributed by atoms with Gasteiger partial charge in [0.1, 0.15) is 12.0 Å². The molecular formula is C22H19F3N2O4. The molecule has 2 N–H and O–H groups in total. The molecule has 1 heterocycles. The monoisotopic (exact) mass is 432 g/mol. The van der Waals surface area contributed by atoms with Gasteiger partial charge in [0.2, 0.25) is 0 Å². The van der Waals surface area contributed by atoms with E-state index in [-0.39, 0.29) is 11.3 Å². The van der Waals surface area contributed by atoms with Crippen molar-refractivity contribution in [3.05, 3.63) is 77.2 Å². The van der Waals surface area contributed by atoms with Gasteiger partial charge in [0.05, 0.1) is 23.1 Å². The number of hydrogen-bond acceptors (Lipinski definition) is 4. The fourth-order valence-electron chi connectivity index (χ4n) is 2.85. The Morgan fingerprint density at radius 2 is 1.81 bits per heavy atom. The predicted molar refractivity (Wildman–Crippen MR) is 108 cm³/mol. The first-order valence-electron chi connectivity index (χ1n) is 9.18. The van der Waals surface area contributed by atoms with E-state index in [0.717, 1.165) is 23.3 Å². The maximum Gasteiger partial charge on any atom is 0.418 e. The van der Waals surface area contributed by atoms with Crippen LogP contribution in [0.4, 0.5) is 24.5 Å². The fraction of sp³-hybridized carbons (Fsp3) is 0.182. The zero-order valence-corrected chi connectivity index (χ0v) is 16.7. The Kier molecular flexibility index (Phi) is 6.33. The van der Waals surface area contributed by atoms with Crippen LogP contribution in [0.25, 0.3) is 0 Å². The van der Waals surface area contributed by atoms with E-state index in [1.807, 2.05) is 13.0 Å². The highest BCUT2D eigenvalue weighted by atomic mass is 19.4. The minimum atomic E-state index is -4.76. The minimum absolute atomic E-state index is 0.0805. The molecule has 0 aliphatic rings. The van der Waals surface area contributed by atoms with Gasteiger partial charge < -0.3 is 19.8 Å². The number of anilines is 2. The van der Waals surface area contributed by atoms with Crippen LogP contribution in [-0.2, 0) is 11.0 Å². The fourth-order valence-corrected chi connectivity index (χ4v) is 2.85. The summed E-state index contributed by atoms with van der Waals surface area (Å²) >= 11 is 0. The number of alkyl halides is 3. The second-order valence-electron chi connectivity index (χ2n) is 6.83. The molecule has 162 valence electrons. The van der Waals surface area contributed by atoms with E-state index in [4.69, 9.17) is 9.15 Å². The van der Waals surface area contributed by atoms with Crippen molar-refractivity contribution in [2.75, 3.05) is 17.2 Å². The van der Waals surface area contributed by atoms with Crippen LogP contribution < -0.4 is 15.4 Å². The third kappa shape index (κ3) is 5.65. The number of ether oxygens (including phenoxy) is 1. The van der Waals surface area contributed by atoms with Crippen LogP contribution in [0.1, 0.15) is 27.0 Å². The van der Waals surface area contributed by atoms with Gasteiger partial charge in [0, 0.05) is 5.69 Å². The molecule has 3 aromatic rings. The molecule has 0 spiro atoms. The van der Waals surface area contributed by atoms with E-state index in [0.29, 0.717) is 5.75 Å². The van der Waals surface area contributed by atoms with Crippen molar-refractivity contribution in [1.29, 1.82) is 0 Å². The number of benzene rings is 2. The highest BCUT2D eigenvalue weighted by Crippen LogP contribution is 2.36. The summed E-state index contributed by atoms with van der Waals surface area (Å²) in [5, 5.41) is 4.57.